The van der Waals surface area contributed by atoms with Crippen LogP contribution >= 0.6 is 0 Å². The molecule has 0 spiro atoms. The van der Waals surface area contributed by atoms with Crippen LogP contribution < -0.4 is 10.2 Å². The van der Waals surface area contributed by atoms with E-state index in [2.05, 4.69) is 34.0 Å². The topological polar surface area (TPSA) is 94.2 Å². The van der Waals surface area contributed by atoms with Crippen LogP contribution in [-0.4, -0.2) is 56.8 Å². The van der Waals surface area contributed by atoms with Crippen LogP contribution in [0.2, 0.25) is 0 Å². The average Bonchev–Trinajstić information content (AvgIpc) is 3.27. The predicted molar refractivity (Wildman–Crippen MR) is 139 cm³/mol. The highest BCUT2D eigenvalue weighted by molar-refractivity contribution is 6.05. The van der Waals surface area contributed by atoms with Gasteiger partial charge in [0.05, 0.1) is 17.6 Å². The number of hydrogen-bond acceptors (Lipinski definition) is 5. The van der Waals surface area contributed by atoms with Gasteiger partial charge in [0.15, 0.2) is 0 Å². The lowest BCUT2D eigenvalue weighted by Crippen LogP contribution is -2.58. The van der Waals surface area contributed by atoms with Crippen LogP contribution in [0.15, 0.2) is 60.9 Å². The molecule has 8 nitrogen and oxygen atoms in total. The summed E-state index contributed by atoms with van der Waals surface area (Å²) >= 11 is 0. The molecule has 186 valence electrons. The first-order valence-corrected chi connectivity index (χ1v) is 11.9. The summed E-state index contributed by atoms with van der Waals surface area (Å²) < 4.78 is 13.5. The molecule has 5 rings (SSSR count). The van der Waals surface area contributed by atoms with E-state index in [1.54, 1.807) is 19.2 Å². The number of carbonyl (C=O) groups is 2. The Morgan fingerprint density at radius 3 is 2.58 bits per heavy atom. The second-order valence-corrected chi connectivity index (χ2v) is 9.20. The molecule has 1 saturated heterocycles. The number of aromatic amines is 1. The van der Waals surface area contributed by atoms with E-state index in [0.717, 1.165) is 22.5 Å². The SMILES string of the molecule is CC(=O)N1[C@H](C)CN(c2cccc(-c3c[nH]c4ncc(NC(=O)c5cccc(F)c5)cc34)n2)C[C@@H]1C.[HH]. The zero-order valence-corrected chi connectivity index (χ0v) is 20.3. The maximum absolute atomic E-state index is 13.5. The number of aromatic nitrogens is 3. The van der Waals surface area contributed by atoms with Gasteiger partial charge in [-0.05, 0) is 50.2 Å². The molecule has 0 aliphatic carbocycles. The molecule has 1 fully saturated rings. The van der Waals surface area contributed by atoms with Gasteiger partial charge in [0.1, 0.15) is 17.3 Å². The summed E-state index contributed by atoms with van der Waals surface area (Å²) in [6.07, 6.45) is 3.40. The first-order valence-electron chi connectivity index (χ1n) is 11.9. The molecule has 4 aromatic rings. The molecule has 1 aliphatic heterocycles. The number of carbonyl (C=O) groups excluding carboxylic acids is 2. The average molecular weight is 489 g/mol. The third-order valence-corrected chi connectivity index (χ3v) is 6.49. The van der Waals surface area contributed by atoms with Gasteiger partial charge >= 0.3 is 0 Å². The van der Waals surface area contributed by atoms with Gasteiger partial charge in [0.2, 0.25) is 5.91 Å². The van der Waals surface area contributed by atoms with Gasteiger partial charge in [-0.3, -0.25) is 9.59 Å². The van der Waals surface area contributed by atoms with Crippen LogP contribution in [-0.2, 0) is 4.79 Å². The van der Waals surface area contributed by atoms with Gasteiger partial charge in [-0.15, -0.1) is 0 Å². The van der Waals surface area contributed by atoms with Crippen LogP contribution in [0.3, 0.4) is 0 Å². The highest BCUT2D eigenvalue weighted by Crippen LogP contribution is 2.30. The molecule has 0 unspecified atom stereocenters. The molecule has 2 atom stereocenters. The Bertz CT molecular complexity index is 1450. The number of nitrogens with one attached hydrogen (secondary N) is 2. The van der Waals surface area contributed by atoms with E-state index in [9.17, 15) is 14.0 Å². The molecule has 1 aliphatic rings. The molecule has 1 aromatic carbocycles. The summed E-state index contributed by atoms with van der Waals surface area (Å²) in [5.74, 6) is 0.0395. The molecule has 3 aromatic heterocycles. The Morgan fingerprint density at radius 1 is 1.11 bits per heavy atom. The minimum absolute atomic E-state index is 0. The molecule has 4 heterocycles. The molecule has 2 amide bonds. The maximum Gasteiger partial charge on any atom is 0.255 e. The zero-order chi connectivity index (χ0) is 25.4. The quantitative estimate of drug-likeness (QED) is 0.434. The van der Waals surface area contributed by atoms with Gasteiger partial charge in [0, 0.05) is 56.2 Å². The van der Waals surface area contributed by atoms with Crippen molar-refractivity contribution in [1.82, 2.24) is 19.9 Å². The van der Waals surface area contributed by atoms with Gasteiger partial charge in [-0.25, -0.2) is 14.4 Å². The van der Waals surface area contributed by atoms with Crippen molar-refractivity contribution in [3.8, 4) is 11.3 Å². The summed E-state index contributed by atoms with van der Waals surface area (Å²) in [6, 6.07) is 13.4. The van der Waals surface area contributed by atoms with Crippen LogP contribution in [0.5, 0.6) is 0 Å². The third-order valence-electron chi connectivity index (χ3n) is 6.49. The molecule has 36 heavy (non-hydrogen) atoms. The fourth-order valence-electron chi connectivity index (χ4n) is 5.00. The van der Waals surface area contributed by atoms with Crippen molar-refractivity contribution >= 4 is 34.4 Å². The number of halogens is 1. The molecular formula is C27H29FN6O2. The summed E-state index contributed by atoms with van der Waals surface area (Å²) in [5, 5.41) is 3.59. The molecule has 0 saturated carbocycles. The Labute approximate surface area is 209 Å². The first-order chi connectivity index (χ1) is 17.3. The lowest BCUT2D eigenvalue weighted by atomic mass is 10.1. The fraction of sp³-hybridized carbons (Fsp3) is 0.259. The van der Waals surface area contributed by atoms with E-state index in [-0.39, 0.29) is 25.0 Å². The smallest absolute Gasteiger partial charge is 0.255 e. The van der Waals surface area contributed by atoms with Crippen molar-refractivity contribution in [2.75, 3.05) is 23.3 Å². The maximum atomic E-state index is 13.5. The highest BCUT2D eigenvalue weighted by atomic mass is 19.1. The van der Waals surface area contributed by atoms with Crippen molar-refractivity contribution in [2.24, 2.45) is 0 Å². The van der Waals surface area contributed by atoms with Gasteiger partial charge in [-0.2, -0.15) is 0 Å². The monoisotopic (exact) mass is 488 g/mol. The van der Waals surface area contributed by atoms with E-state index in [1.165, 1.54) is 18.2 Å². The molecule has 9 heteroatoms. The number of benzene rings is 1. The summed E-state index contributed by atoms with van der Waals surface area (Å²) in [6.45, 7) is 7.12. The third kappa shape index (κ3) is 4.51. The van der Waals surface area contributed by atoms with Gasteiger partial charge in [0.25, 0.3) is 5.91 Å². The number of pyridine rings is 2. The van der Waals surface area contributed by atoms with Crippen molar-refractivity contribution < 1.29 is 15.4 Å². The molecule has 2 N–H and O–H groups in total. The molecule has 0 radical (unpaired) electrons. The van der Waals surface area contributed by atoms with Gasteiger partial charge < -0.3 is 20.1 Å². The second kappa shape index (κ2) is 9.41. The number of anilines is 2. The second-order valence-electron chi connectivity index (χ2n) is 9.20. The zero-order valence-electron chi connectivity index (χ0n) is 20.3. The Morgan fingerprint density at radius 2 is 1.86 bits per heavy atom. The Hall–Kier alpha value is -4.27. The minimum Gasteiger partial charge on any atom is -0.352 e. The Balaban J connectivity index is 0.00000320. The fourth-order valence-corrected chi connectivity index (χ4v) is 5.00. The number of amides is 2. The Kier molecular flexibility index (Phi) is 6.13. The minimum atomic E-state index is -0.471. The van der Waals surface area contributed by atoms with Crippen molar-refractivity contribution in [3.63, 3.8) is 0 Å². The lowest BCUT2D eigenvalue weighted by Gasteiger charge is -2.44. The standard InChI is InChI=1S/C27H27FN6O2.H2/c1-16-14-33(15-17(2)34(16)18(3)35)25-9-5-8-24(32-25)23-13-30-26-22(23)11-21(12-29-26)31-27(36)19-6-4-7-20(28)10-19;/h4-13,16-17H,14-15H2,1-3H3,(H,29,30)(H,31,36);1H/t16-,17+;. The van der Waals surface area contributed by atoms with Crippen LogP contribution in [0.25, 0.3) is 22.3 Å². The number of fused-ring (bicyclic) bond motifs is 1. The van der Waals surface area contributed by atoms with E-state index >= 15 is 0 Å². The van der Waals surface area contributed by atoms with Crippen LogP contribution in [0.1, 0.15) is 32.6 Å². The lowest BCUT2D eigenvalue weighted by molar-refractivity contribution is -0.133. The van der Waals surface area contributed by atoms with E-state index in [0.29, 0.717) is 24.4 Å². The number of rotatable bonds is 4. The highest BCUT2D eigenvalue weighted by Gasteiger charge is 2.31. The number of piperazine rings is 1. The van der Waals surface area contributed by atoms with Crippen LogP contribution in [0, 0.1) is 5.82 Å². The van der Waals surface area contributed by atoms with Crippen molar-refractivity contribution in [3.05, 3.63) is 72.3 Å². The predicted octanol–water partition coefficient (Wildman–Crippen LogP) is 4.71. The number of nitrogens with zero attached hydrogens (tertiary/aromatic N) is 4. The molecular weight excluding hydrogens is 459 g/mol. The van der Waals surface area contributed by atoms with E-state index in [4.69, 9.17) is 4.98 Å². The largest absolute Gasteiger partial charge is 0.352 e. The normalized spacial score (nSPS) is 17.9. The summed E-state index contributed by atoms with van der Waals surface area (Å²) in [5.41, 5.74) is 3.01. The summed E-state index contributed by atoms with van der Waals surface area (Å²) in [7, 11) is 0. The van der Waals surface area contributed by atoms with Crippen LogP contribution in [0.4, 0.5) is 15.9 Å². The summed E-state index contributed by atoms with van der Waals surface area (Å²) in [4.78, 5) is 41.2. The molecule has 0 bridgehead atoms. The number of hydrogen-bond donors (Lipinski definition) is 2. The van der Waals surface area contributed by atoms with Gasteiger partial charge in [-0.1, -0.05) is 12.1 Å². The van der Waals surface area contributed by atoms with E-state index in [1.807, 2.05) is 35.4 Å². The van der Waals surface area contributed by atoms with Crippen molar-refractivity contribution in [2.45, 2.75) is 32.9 Å². The van der Waals surface area contributed by atoms with Crippen molar-refractivity contribution in [1.29, 1.82) is 0 Å². The first kappa shape index (κ1) is 23.5. The number of H-pyrrole nitrogens is 1. The van der Waals surface area contributed by atoms with E-state index < -0.39 is 11.7 Å².